The lowest BCUT2D eigenvalue weighted by molar-refractivity contribution is 1.18. The van der Waals surface area contributed by atoms with E-state index in [-0.39, 0.29) is 0 Å². The number of benzene rings is 1. The monoisotopic (exact) mass is 306 g/mol. The number of imidazole rings is 1. The van der Waals surface area contributed by atoms with Crippen molar-refractivity contribution in [2.75, 3.05) is 0 Å². The average molecular weight is 308 g/mol. The minimum atomic E-state index is 0.318. The summed E-state index contributed by atoms with van der Waals surface area (Å²) >= 11 is 9.45. The normalized spacial score (nSPS) is 10.9. The van der Waals surface area contributed by atoms with Crippen molar-refractivity contribution in [1.29, 1.82) is 5.26 Å². The van der Waals surface area contributed by atoms with Crippen LogP contribution in [0, 0.1) is 11.3 Å². The quantitative estimate of drug-likeness (QED) is 0.641. The summed E-state index contributed by atoms with van der Waals surface area (Å²) in [7, 11) is 0. The zero-order valence-electron chi connectivity index (χ0n) is 8.35. The first kappa shape index (κ1) is 10.5. The second-order valence-electron chi connectivity index (χ2n) is 3.46. The van der Waals surface area contributed by atoms with Gasteiger partial charge in [-0.1, -0.05) is 11.6 Å². The second-order valence-corrected chi connectivity index (χ2v) is 4.63. The molecule has 0 bridgehead atoms. The van der Waals surface area contributed by atoms with Gasteiger partial charge in [0, 0.05) is 0 Å². The predicted octanol–water partition coefficient (Wildman–Crippen LogP) is 3.17. The molecule has 0 fully saturated rings. The molecule has 2 aromatic heterocycles. The van der Waals surface area contributed by atoms with E-state index in [1.54, 1.807) is 18.3 Å². The fraction of sp³-hybridized carbons (Fsp3) is 0. The maximum Gasteiger partial charge on any atom is 0.176 e. The Balaban J connectivity index is 2.56. The number of nitrogens with zero attached hydrogens (tertiary/aromatic N) is 4. The zero-order valence-corrected chi connectivity index (χ0v) is 10.7. The van der Waals surface area contributed by atoms with Crippen molar-refractivity contribution in [3.05, 3.63) is 39.7 Å². The van der Waals surface area contributed by atoms with Crippen LogP contribution in [-0.2, 0) is 0 Å². The van der Waals surface area contributed by atoms with Crippen molar-refractivity contribution in [3.63, 3.8) is 0 Å². The molecule has 3 aromatic rings. The molecule has 6 heteroatoms. The highest BCUT2D eigenvalue weighted by Gasteiger charge is 2.11. The smallest absolute Gasteiger partial charge is 0.176 e. The minimum Gasteiger partial charge on any atom is -0.282 e. The minimum absolute atomic E-state index is 0.318. The van der Waals surface area contributed by atoms with E-state index in [1.165, 1.54) is 0 Å². The summed E-state index contributed by atoms with van der Waals surface area (Å²) in [6.07, 6.45) is 1.67. The van der Waals surface area contributed by atoms with Crippen LogP contribution in [0.1, 0.15) is 5.56 Å². The lowest BCUT2D eigenvalue weighted by Gasteiger charge is -2.04. The first-order valence-electron chi connectivity index (χ1n) is 4.73. The Kier molecular flexibility index (Phi) is 2.28. The molecule has 0 N–H and O–H groups in total. The van der Waals surface area contributed by atoms with Gasteiger partial charge in [-0.2, -0.15) is 5.26 Å². The third-order valence-electron chi connectivity index (χ3n) is 2.47. The van der Waals surface area contributed by atoms with E-state index in [2.05, 4.69) is 32.0 Å². The number of hydrogen-bond acceptors (Lipinski definition) is 3. The number of hydrogen-bond donors (Lipinski definition) is 0. The zero-order chi connectivity index (χ0) is 12.0. The van der Waals surface area contributed by atoms with Crippen molar-refractivity contribution < 1.29 is 0 Å². The predicted molar refractivity (Wildman–Crippen MR) is 67.9 cm³/mol. The van der Waals surface area contributed by atoms with Crippen LogP contribution in [0.4, 0.5) is 0 Å². The van der Waals surface area contributed by atoms with Crippen LogP contribution in [0.5, 0.6) is 0 Å². The summed E-state index contributed by atoms with van der Waals surface area (Å²) in [6, 6.07) is 7.35. The molecule has 4 nitrogen and oxygen atoms in total. The summed E-state index contributed by atoms with van der Waals surface area (Å²) in [5, 5.41) is 9.17. The Morgan fingerprint density at radius 1 is 1.41 bits per heavy atom. The highest BCUT2D eigenvalue weighted by Crippen LogP contribution is 2.25. The van der Waals surface area contributed by atoms with Gasteiger partial charge in [-0.05, 0) is 34.1 Å². The van der Waals surface area contributed by atoms with E-state index in [4.69, 9.17) is 16.9 Å². The van der Waals surface area contributed by atoms with Gasteiger partial charge < -0.3 is 0 Å². The maximum absolute atomic E-state index is 8.86. The van der Waals surface area contributed by atoms with Crippen LogP contribution in [0.15, 0.2) is 29.0 Å². The molecule has 2 heterocycles. The molecule has 0 aliphatic heterocycles. The summed E-state index contributed by atoms with van der Waals surface area (Å²) in [5.41, 5.74) is 2.67. The number of halogens is 2. The molecule has 0 aliphatic rings. The lowest BCUT2D eigenvalue weighted by Crippen LogP contribution is -1.93. The van der Waals surface area contributed by atoms with Gasteiger partial charge in [0.25, 0.3) is 0 Å². The molecule has 1 aromatic carbocycles. The van der Waals surface area contributed by atoms with Gasteiger partial charge in [0.2, 0.25) is 0 Å². The molecule has 0 amide bonds. The SMILES string of the molecule is N#Cc1ccc2c(c1)nc(Cl)c1ncc(Br)n12. The average Bonchev–Trinajstić information content (AvgIpc) is 2.72. The molecule has 0 radical (unpaired) electrons. The second kappa shape index (κ2) is 3.69. The van der Waals surface area contributed by atoms with Crippen LogP contribution in [0.25, 0.3) is 16.7 Å². The molecule has 17 heavy (non-hydrogen) atoms. The number of fused-ring (bicyclic) bond motifs is 3. The van der Waals surface area contributed by atoms with Crippen LogP contribution >= 0.6 is 27.5 Å². The van der Waals surface area contributed by atoms with Gasteiger partial charge >= 0.3 is 0 Å². The van der Waals surface area contributed by atoms with Gasteiger partial charge in [0.15, 0.2) is 10.8 Å². The molecule has 3 rings (SSSR count). The Morgan fingerprint density at radius 2 is 2.24 bits per heavy atom. The molecule has 0 saturated carbocycles. The van der Waals surface area contributed by atoms with Crippen molar-refractivity contribution in [3.8, 4) is 6.07 Å². The van der Waals surface area contributed by atoms with Gasteiger partial charge in [-0.3, -0.25) is 4.40 Å². The van der Waals surface area contributed by atoms with Crippen LogP contribution in [0.3, 0.4) is 0 Å². The third-order valence-corrected chi connectivity index (χ3v) is 3.28. The number of rotatable bonds is 0. The fourth-order valence-corrected chi connectivity index (χ4v) is 2.42. The van der Waals surface area contributed by atoms with Gasteiger partial charge in [-0.15, -0.1) is 0 Å². The van der Waals surface area contributed by atoms with E-state index >= 15 is 0 Å². The number of nitriles is 1. The van der Waals surface area contributed by atoms with E-state index in [1.807, 2.05) is 10.5 Å². The molecule has 0 saturated heterocycles. The van der Waals surface area contributed by atoms with Gasteiger partial charge in [0.05, 0.1) is 28.9 Å². The van der Waals surface area contributed by atoms with Crippen LogP contribution in [0.2, 0.25) is 5.15 Å². The molecule has 0 unspecified atom stereocenters. The summed E-state index contributed by atoms with van der Waals surface area (Å²) in [5.74, 6) is 0. The van der Waals surface area contributed by atoms with Crippen molar-refractivity contribution in [1.82, 2.24) is 14.4 Å². The van der Waals surface area contributed by atoms with Gasteiger partial charge in [0.1, 0.15) is 4.60 Å². The first-order chi connectivity index (χ1) is 8.20. The largest absolute Gasteiger partial charge is 0.282 e. The Labute approximate surface area is 110 Å². The Bertz CT molecular complexity index is 787. The molecule has 0 spiro atoms. The third kappa shape index (κ3) is 1.49. The molecular formula is C11H4BrClN4. The summed E-state index contributed by atoms with van der Waals surface area (Å²) in [6.45, 7) is 0. The summed E-state index contributed by atoms with van der Waals surface area (Å²) < 4.78 is 2.65. The lowest BCUT2D eigenvalue weighted by atomic mass is 10.2. The first-order valence-corrected chi connectivity index (χ1v) is 5.90. The van der Waals surface area contributed by atoms with E-state index in [0.717, 1.165) is 10.1 Å². The van der Waals surface area contributed by atoms with Gasteiger partial charge in [-0.25, -0.2) is 9.97 Å². The number of aromatic nitrogens is 3. The maximum atomic E-state index is 8.86. The van der Waals surface area contributed by atoms with E-state index < -0.39 is 0 Å². The molecule has 0 aliphatic carbocycles. The molecule has 82 valence electrons. The highest BCUT2D eigenvalue weighted by molar-refractivity contribution is 9.10. The van der Waals surface area contributed by atoms with Crippen molar-refractivity contribution in [2.24, 2.45) is 0 Å². The highest BCUT2D eigenvalue weighted by atomic mass is 79.9. The van der Waals surface area contributed by atoms with Crippen molar-refractivity contribution >= 4 is 44.2 Å². The fourth-order valence-electron chi connectivity index (χ4n) is 1.73. The van der Waals surface area contributed by atoms with E-state index in [9.17, 15) is 0 Å². The van der Waals surface area contributed by atoms with Crippen LogP contribution < -0.4 is 0 Å². The van der Waals surface area contributed by atoms with Crippen LogP contribution in [-0.4, -0.2) is 14.4 Å². The standard InChI is InChI=1S/C11H4BrClN4/c12-9-5-15-11-10(13)16-7-3-6(4-14)1-2-8(7)17(9)11/h1-3,5H. The van der Waals surface area contributed by atoms with E-state index in [0.29, 0.717) is 21.9 Å². The van der Waals surface area contributed by atoms with Crippen molar-refractivity contribution in [2.45, 2.75) is 0 Å². The Hall–Kier alpha value is -1.64. The summed E-state index contributed by atoms with van der Waals surface area (Å²) in [4.78, 5) is 8.40. The topological polar surface area (TPSA) is 54.0 Å². The Morgan fingerprint density at radius 3 is 3.00 bits per heavy atom. The molecular weight excluding hydrogens is 304 g/mol. The molecule has 0 atom stereocenters.